The van der Waals surface area contributed by atoms with E-state index in [1.54, 1.807) is 0 Å². The molecule has 0 heterocycles. The van der Waals surface area contributed by atoms with Crippen molar-refractivity contribution in [2.24, 2.45) is 0 Å². The van der Waals surface area contributed by atoms with Crippen LogP contribution in [-0.2, 0) is 35.9 Å². The normalized spacial score (nSPS) is 14.2. The summed E-state index contributed by atoms with van der Waals surface area (Å²) in [5.74, 6) is -1.68. The smallest absolute Gasteiger partial charge is 0.308 e. The molecule has 18 heavy (non-hydrogen) atoms. The van der Waals surface area contributed by atoms with E-state index in [0.29, 0.717) is 6.42 Å². The molecule has 0 saturated carbocycles. The minimum absolute atomic E-state index is 0. The molecule has 0 aliphatic heterocycles. The van der Waals surface area contributed by atoms with Gasteiger partial charge in [0.1, 0.15) is 6.10 Å². The molecule has 0 bridgehead atoms. The van der Waals surface area contributed by atoms with E-state index >= 15 is 0 Å². The van der Waals surface area contributed by atoms with Gasteiger partial charge in [0.25, 0.3) is 0 Å². The molecule has 5 heteroatoms. The zero-order valence-electron chi connectivity index (χ0n) is 12.7. The molecule has 0 aromatic heterocycles. The van der Waals surface area contributed by atoms with Gasteiger partial charge in [0.2, 0.25) is 0 Å². The molecule has 0 aliphatic rings. The summed E-state index contributed by atoms with van der Waals surface area (Å²) in [5.41, 5.74) is 0. The summed E-state index contributed by atoms with van der Waals surface area (Å²) in [4.78, 5) is 0. The van der Waals surface area contributed by atoms with Gasteiger partial charge in [0.15, 0.2) is 0 Å². The van der Waals surface area contributed by atoms with Crippen molar-refractivity contribution in [2.45, 2.75) is 85.3 Å². The quantitative estimate of drug-likeness (QED) is 0.552. The van der Waals surface area contributed by atoms with E-state index in [9.17, 15) is 5.11 Å². The average Bonchev–Trinajstić information content (AvgIpc) is 2.10. The van der Waals surface area contributed by atoms with Crippen molar-refractivity contribution in [3.05, 3.63) is 0 Å². The van der Waals surface area contributed by atoms with Crippen molar-refractivity contribution in [2.75, 3.05) is 0 Å². The van der Waals surface area contributed by atoms with Crippen LogP contribution in [-0.4, -0.2) is 35.5 Å². The maximum Gasteiger partial charge on any atom is 0.308 e. The van der Waals surface area contributed by atoms with Crippen LogP contribution in [0.4, 0.5) is 0 Å². The standard InChI is InChI=1S/C13H28O4.Ti/c1-8-12(15-9(2)3)13(14,16-10(4)5)17-11(6)7;/h9-12,14H,8H2,1-7H3;. The van der Waals surface area contributed by atoms with Crippen molar-refractivity contribution >= 4 is 0 Å². The van der Waals surface area contributed by atoms with Gasteiger partial charge in [-0.05, 0) is 48.0 Å². The van der Waals surface area contributed by atoms with E-state index in [1.165, 1.54) is 0 Å². The van der Waals surface area contributed by atoms with Gasteiger partial charge in [0.05, 0.1) is 18.3 Å². The Labute approximate surface area is 126 Å². The molecular formula is C13H28O4Ti. The summed E-state index contributed by atoms with van der Waals surface area (Å²) in [5, 5.41) is 10.5. The summed E-state index contributed by atoms with van der Waals surface area (Å²) in [6.45, 7) is 13.2. The third-order valence-corrected chi connectivity index (χ3v) is 2.02. The molecular weight excluding hydrogens is 268 g/mol. The van der Waals surface area contributed by atoms with E-state index in [4.69, 9.17) is 14.2 Å². The van der Waals surface area contributed by atoms with Gasteiger partial charge in [0, 0.05) is 21.7 Å². The maximum atomic E-state index is 10.5. The molecule has 0 spiro atoms. The van der Waals surface area contributed by atoms with E-state index in [2.05, 4.69) is 0 Å². The molecule has 108 valence electrons. The van der Waals surface area contributed by atoms with Crippen LogP contribution < -0.4 is 0 Å². The summed E-state index contributed by atoms with van der Waals surface area (Å²) in [6, 6.07) is 0. The van der Waals surface area contributed by atoms with Gasteiger partial charge in [-0.1, -0.05) is 6.92 Å². The Morgan fingerprint density at radius 2 is 1.28 bits per heavy atom. The first kappa shape index (κ1) is 20.9. The summed E-state index contributed by atoms with van der Waals surface area (Å²) < 4.78 is 16.7. The predicted molar refractivity (Wildman–Crippen MR) is 67.7 cm³/mol. The summed E-state index contributed by atoms with van der Waals surface area (Å²) in [7, 11) is 0. The van der Waals surface area contributed by atoms with Crippen LogP contribution in [0.3, 0.4) is 0 Å². The fraction of sp³-hybridized carbons (Fsp3) is 1.00. The number of aliphatic hydroxyl groups is 1. The molecule has 0 fully saturated rings. The van der Waals surface area contributed by atoms with Crippen molar-refractivity contribution in [3.8, 4) is 0 Å². The minimum Gasteiger partial charge on any atom is -0.367 e. The molecule has 4 nitrogen and oxygen atoms in total. The van der Waals surface area contributed by atoms with Crippen LogP contribution in [0.5, 0.6) is 0 Å². The Morgan fingerprint density at radius 1 is 0.889 bits per heavy atom. The second kappa shape index (κ2) is 9.46. The minimum atomic E-state index is -1.68. The second-order valence-corrected chi connectivity index (χ2v) is 5.05. The number of ether oxygens (including phenoxy) is 3. The third kappa shape index (κ3) is 7.87. The van der Waals surface area contributed by atoms with E-state index in [-0.39, 0.29) is 40.0 Å². The first-order valence-electron chi connectivity index (χ1n) is 6.44. The van der Waals surface area contributed by atoms with Crippen molar-refractivity contribution in [1.29, 1.82) is 0 Å². The molecule has 0 saturated heterocycles. The molecule has 0 aliphatic carbocycles. The third-order valence-electron chi connectivity index (χ3n) is 2.02. The van der Waals surface area contributed by atoms with Gasteiger partial charge < -0.3 is 19.3 Å². The van der Waals surface area contributed by atoms with E-state index in [0.717, 1.165) is 0 Å². The topological polar surface area (TPSA) is 47.9 Å². The monoisotopic (exact) mass is 296 g/mol. The molecule has 0 aromatic rings. The molecule has 1 atom stereocenters. The maximum absolute atomic E-state index is 10.5. The Hall–Kier alpha value is 0.554. The molecule has 0 radical (unpaired) electrons. The zero-order chi connectivity index (χ0) is 13.6. The number of hydrogen-bond donors (Lipinski definition) is 1. The second-order valence-electron chi connectivity index (χ2n) is 5.05. The van der Waals surface area contributed by atoms with Crippen LogP contribution in [0.15, 0.2) is 0 Å². The average molecular weight is 296 g/mol. The molecule has 0 rings (SSSR count). The first-order valence-corrected chi connectivity index (χ1v) is 6.44. The first-order chi connectivity index (χ1) is 7.71. The Balaban J connectivity index is 0. The number of rotatable bonds is 8. The van der Waals surface area contributed by atoms with Gasteiger partial charge in [-0.3, -0.25) is 0 Å². The zero-order valence-corrected chi connectivity index (χ0v) is 14.3. The molecule has 0 aromatic carbocycles. The van der Waals surface area contributed by atoms with Crippen molar-refractivity contribution in [3.63, 3.8) is 0 Å². The van der Waals surface area contributed by atoms with Crippen LogP contribution >= 0.6 is 0 Å². The SMILES string of the molecule is CCC(OC(C)C)C(O)(OC(C)C)OC(C)C.[Ti]. The fourth-order valence-electron chi connectivity index (χ4n) is 1.62. The van der Waals surface area contributed by atoms with E-state index < -0.39 is 12.1 Å². The van der Waals surface area contributed by atoms with Crippen molar-refractivity contribution < 1.29 is 41.0 Å². The predicted octanol–water partition coefficient (Wildman–Crippen LogP) is 2.68. The van der Waals surface area contributed by atoms with Crippen LogP contribution in [0.1, 0.15) is 54.9 Å². The molecule has 0 amide bonds. The Bertz CT molecular complexity index is 197. The van der Waals surface area contributed by atoms with Crippen LogP contribution in [0.25, 0.3) is 0 Å². The summed E-state index contributed by atoms with van der Waals surface area (Å²) in [6.07, 6.45) is -0.133. The van der Waals surface area contributed by atoms with Crippen molar-refractivity contribution in [1.82, 2.24) is 0 Å². The number of hydrogen-bond acceptors (Lipinski definition) is 4. The Kier molecular flexibility index (Phi) is 11.0. The van der Waals surface area contributed by atoms with Gasteiger partial charge in [-0.2, -0.15) is 0 Å². The van der Waals surface area contributed by atoms with Crippen LogP contribution in [0.2, 0.25) is 0 Å². The van der Waals surface area contributed by atoms with Gasteiger partial charge >= 0.3 is 5.97 Å². The summed E-state index contributed by atoms with van der Waals surface area (Å²) >= 11 is 0. The Morgan fingerprint density at radius 3 is 1.50 bits per heavy atom. The van der Waals surface area contributed by atoms with Gasteiger partial charge in [-0.15, -0.1) is 0 Å². The van der Waals surface area contributed by atoms with E-state index in [1.807, 2.05) is 48.5 Å². The molecule has 1 unspecified atom stereocenters. The van der Waals surface area contributed by atoms with Crippen LogP contribution in [0, 0.1) is 0 Å². The molecule has 1 N–H and O–H groups in total. The fourth-order valence-corrected chi connectivity index (χ4v) is 1.62. The van der Waals surface area contributed by atoms with Gasteiger partial charge in [-0.25, -0.2) is 0 Å². The largest absolute Gasteiger partial charge is 0.367 e.